The van der Waals surface area contributed by atoms with E-state index in [1.165, 1.54) is 0 Å². The van der Waals surface area contributed by atoms with Crippen LogP contribution in [0.15, 0.2) is 30.5 Å². The van der Waals surface area contributed by atoms with Gasteiger partial charge in [-0.1, -0.05) is 18.2 Å². The van der Waals surface area contributed by atoms with Gasteiger partial charge in [-0.05, 0) is 18.1 Å². The lowest BCUT2D eigenvalue weighted by molar-refractivity contribution is -0.139. The smallest absolute Gasteiger partial charge is 0.324 e. The molecule has 0 bridgehead atoms. The molecule has 2 atom stereocenters. The second kappa shape index (κ2) is 2.86. The van der Waals surface area contributed by atoms with Crippen molar-refractivity contribution in [3.8, 4) is 0 Å². The summed E-state index contributed by atoms with van der Waals surface area (Å²) in [5.74, 6) is -0.982. The normalized spacial score (nSPS) is 28.2. The fourth-order valence-electron chi connectivity index (χ4n) is 2.28. The van der Waals surface area contributed by atoms with Gasteiger partial charge in [0.05, 0.1) is 0 Å². The van der Waals surface area contributed by atoms with Crippen LogP contribution >= 0.6 is 0 Å². The lowest BCUT2D eigenvalue weighted by Gasteiger charge is -2.03. The Morgan fingerprint density at radius 2 is 2.25 bits per heavy atom. The number of carboxylic acids is 1. The molecule has 0 saturated heterocycles. The number of carboxylic acid groups (broad SMARTS) is 1. The number of H-pyrrole nitrogens is 1. The number of nitrogens with two attached hydrogens (primary N) is 1. The molecule has 3 rings (SSSR count). The molecule has 1 aromatic heterocycles. The Hall–Kier alpha value is -1.81. The summed E-state index contributed by atoms with van der Waals surface area (Å²) in [6.07, 6.45) is 2.39. The predicted octanol–water partition coefficient (Wildman–Crippen LogP) is 1.44. The van der Waals surface area contributed by atoms with Crippen molar-refractivity contribution in [1.82, 2.24) is 4.98 Å². The summed E-state index contributed by atoms with van der Waals surface area (Å²) in [6.45, 7) is 0. The van der Waals surface area contributed by atoms with Crippen molar-refractivity contribution in [3.05, 3.63) is 36.0 Å². The number of carbonyl (C=O) groups is 1. The highest BCUT2D eigenvalue weighted by Crippen LogP contribution is 2.51. The zero-order chi connectivity index (χ0) is 11.3. The topological polar surface area (TPSA) is 79.1 Å². The number of nitrogens with one attached hydrogen (secondary N) is 1. The molecular formula is C12H12N2O2. The van der Waals surface area contributed by atoms with Gasteiger partial charge in [0, 0.05) is 23.0 Å². The molecule has 0 amide bonds. The number of aliphatic carboxylic acids is 1. The average Bonchev–Trinajstić information content (AvgIpc) is 2.80. The minimum Gasteiger partial charge on any atom is -0.480 e. The molecule has 0 aliphatic heterocycles. The van der Waals surface area contributed by atoms with Crippen molar-refractivity contribution < 1.29 is 9.90 Å². The van der Waals surface area contributed by atoms with E-state index < -0.39 is 11.5 Å². The molecule has 82 valence electrons. The van der Waals surface area contributed by atoms with Crippen LogP contribution in [0.25, 0.3) is 10.9 Å². The maximum absolute atomic E-state index is 11.0. The molecular weight excluding hydrogens is 204 g/mol. The highest BCUT2D eigenvalue weighted by molar-refractivity contribution is 5.90. The van der Waals surface area contributed by atoms with Crippen LogP contribution < -0.4 is 5.73 Å². The van der Waals surface area contributed by atoms with Gasteiger partial charge in [0.1, 0.15) is 5.54 Å². The minimum absolute atomic E-state index is 0.0684. The second-order valence-electron chi connectivity index (χ2n) is 4.39. The third-order valence-corrected chi connectivity index (χ3v) is 3.40. The van der Waals surface area contributed by atoms with E-state index in [1.54, 1.807) is 0 Å². The van der Waals surface area contributed by atoms with E-state index in [2.05, 4.69) is 4.98 Å². The van der Waals surface area contributed by atoms with Crippen LogP contribution in [0.2, 0.25) is 0 Å². The quantitative estimate of drug-likeness (QED) is 0.710. The Kier molecular flexibility index (Phi) is 1.68. The molecule has 4 N–H and O–H groups in total. The summed E-state index contributed by atoms with van der Waals surface area (Å²) in [5, 5.41) is 10.1. The van der Waals surface area contributed by atoms with Crippen molar-refractivity contribution in [2.24, 2.45) is 5.73 Å². The third-order valence-electron chi connectivity index (χ3n) is 3.40. The number of aromatic amines is 1. The fraction of sp³-hybridized carbons (Fsp3) is 0.250. The summed E-state index contributed by atoms with van der Waals surface area (Å²) in [4.78, 5) is 14.1. The first-order valence-electron chi connectivity index (χ1n) is 5.21. The Bertz CT molecular complexity index is 575. The summed E-state index contributed by atoms with van der Waals surface area (Å²) in [7, 11) is 0. The number of fused-ring (bicyclic) bond motifs is 1. The lowest BCUT2D eigenvalue weighted by Crippen LogP contribution is -2.34. The van der Waals surface area contributed by atoms with Crippen molar-refractivity contribution in [1.29, 1.82) is 0 Å². The van der Waals surface area contributed by atoms with Crippen LogP contribution in [0, 0.1) is 0 Å². The molecule has 1 aliphatic rings. The molecule has 1 heterocycles. The number of rotatable bonds is 2. The van der Waals surface area contributed by atoms with Crippen LogP contribution in [0.1, 0.15) is 17.9 Å². The van der Waals surface area contributed by atoms with Gasteiger partial charge in [-0.25, -0.2) is 0 Å². The van der Waals surface area contributed by atoms with Crippen LogP contribution in [-0.2, 0) is 4.79 Å². The highest BCUT2D eigenvalue weighted by atomic mass is 16.4. The van der Waals surface area contributed by atoms with Crippen LogP contribution in [-0.4, -0.2) is 21.6 Å². The van der Waals surface area contributed by atoms with Crippen molar-refractivity contribution in [2.75, 3.05) is 0 Å². The molecule has 1 fully saturated rings. The number of aromatic nitrogens is 1. The SMILES string of the molecule is NC1(C(=O)O)CC1c1c[nH]c2ccccc12. The average molecular weight is 216 g/mol. The third kappa shape index (κ3) is 1.10. The van der Waals surface area contributed by atoms with Gasteiger partial charge in [0.25, 0.3) is 0 Å². The van der Waals surface area contributed by atoms with E-state index in [1.807, 2.05) is 30.5 Å². The number of para-hydroxylation sites is 1. The van der Waals surface area contributed by atoms with Gasteiger partial charge in [0.2, 0.25) is 0 Å². The lowest BCUT2D eigenvalue weighted by atomic mass is 10.1. The zero-order valence-corrected chi connectivity index (χ0v) is 8.60. The van der Waals surface area contributed by atoms with Crippen LogP contribution in [0.4, 0.5) is 0 Å². The largest absolute Gasteiger partial charge is 0.480 e. The Morgan fingerprint density at radius 3 is 2.94 bits per heavy atom. The first-order valence-corrected chi connectivity index (χ1v) is 5.21. The van der Waals surface area contributed by atoms with E-state index in [4.69, 9.17) is 10.8 Å². The van der Waals surface area contributed by atoms with Gasteiger partial charge in [-0.3, -0.25) is 4.79 Å². The van der Waals surface area contributed by atoms with Gasteiger partial charge >= 0.3 is 5.97 Å². The first kappa shape index (κ1) is 9.42. The van der Waals surface area contributed by atoms with Crippen LogP contribution in [0.3, 0.4) is 0 Å². The summed E-state index contributed by atoms with van der Waals surface area (Å²) >= 11 is 0. The maximum atomic E-state index is 11.0. The van der Waals surface area contributed by atoms with E-state index in [0.717, 1.165) is 16.5 Å². The maximum Gasteiger partial charge on any atom is 0.324 e. The number of hydrogen-bond acceptors (Lipinski definition) is 2. The molecule has 4 nitrogen and oxygen atoms in total. The second-order valence-corrected chi connectivity index (χ2v) is 4.39. The van der Waals surface area contributed by atoms with Crippen molar-refractivity contribution >= 4 is 16.9 Å². The van der Waals surface area contributed by atoms with Gasteiger partial charge in [-0.15, -0.1) is 0 Å². The Labute approximate surface area is 92.1 Å². The standard InChI is InChI=1S/C12H12N2O2/c13-12(11(15)16)5-9(12)8-6-14-10-4-2-1-3-7(8)10/h1-4,6,9,14H,5,13H2,(H,15,16). The molecule has 1 saturated carbocycles. The number of hydrogen-bond donors (Lipinski definition) is 3. The van der Waals surface area contributed by atoms with Crippen molar-refractivity contribution in [2.45, 2.75) is 17.9 Å². The Morgan fingerprint density at radius 1 is 1.50 bits per heavy atom. The molecule has 1 aliphatic carbocycles. The summed E-state index contributed by atoms with van der Waals surface area (Å²) < 4.78 is 0. The monoisotopic (exact) mass is 216 g/mol. The van der Waals surface area contributed by atoms with E-state index >= 15 is 0 Å². The van der Waals surface area contributed by atoms with E-state index in [9.17, 15) is 4.79 Å². The highest BCUT2D eigenvalue weighted by Gasteiger charge is 2.58. The van der Waals surface area contributed by atoms with Gasteiger partial charge in [0.15, 0.2) is 0 Å². The molecule has 16 heavy (non-hydrogen) atoms. The molecule has 0 radical (unpaired) electrons. The van der Waals surface area contributed by atoms with E-state index in [0.29, 0.717) is 6.42 Å². The van der Waals surface area contributed by atoms with Gasteiger partial charge in [-0.2, -0.15) is 0 Å². The minimum atomic E-state index is -1.06. The van der Waals surface area contributed by atoms with E-state index in [-0.39, 0.29) is 5.92 Å². The van der Waals surface area contributed by atoms with Gasteiger partial charge < -0.3 is 15.8 Å². The molecule has 4 heteroatoms. The number of benzene rings is 1. The summed E-state index contributed by atoms with van der Waals surface area (Å²) in [6, 6.07) is 7.85. The first-order chi connectivity index (χ1) is 7.63. The fourth-order valence-corrected chi connectivity index (χ4v) is 2.28. The molecule has 2 unspecified atom stereocenters. The van der Waals surface area contributed by atoms with Crippen LogP contribution in [0.5, 0.6) is 0 Å². The Balaban J connectivity index is 2.06. The summed E-state index contributed by atoms with van der Waals surface area (Å²) in [5.41, 5.74) is 6.78. The predicted molar refractivity (Wildman–Crippen MR) is 60.2 cm³/mol. The molecule has 1 aromatic carbocycles. The molecule has 0 spiro atoms. The van der Waals surface area contributed by atoms with Crippen molar-refractivity contribution in [3.63, 3.8) is 0 Å². The zero-order valence-electron chi connectivity index (χ0n) is 8.60. The molecule has 2 aromatic rings.